The molecule has 280 valence electrons. The lowest BCUT2D eigenvalue weighted by Crippen LogP contribution is -2.59. The first kappa shape index (κ1) is 38.5. The molecular formula is C34H28F11N3O4. The standard InChI is InChI=1S/C34H28F11N3O4/c1-47-24-9-8-18(32(37,38)39)15-22(24)27(33(40,41)42)26(28(47)49)21-7-3-5-19-17(4-2-6-20(19)21)14-23(29(50)51)46-30(52)31(34(43,44)45)10-12-48(13-11-31)16-25(35)36/h2-9,15,23,25H,10-14,16H2,1H3,(H,46,52)(H,50,51)/t23-/m0/s1. The minimum absolute atomic E-state index is 0.0189. The molecule has 0 unspecified atom stereocenters. The molecule has 0 aliphatic carbocycles. The van der Waals surface area contributed by atoms with E-state index in [0.29, 0.717) is 6.07 Å². The SMILES string of the molecule is Cn1c(=O)c(-c2cccc3c(C[C@H](NC(=O)C4(C(F)(F)F)CCN(CC(F)F)CC4)C(=O)O)cccc23)c(C(F)(F)F)c2cc(C(F)(F)F)ccc21. The van der Waals surface area contributed by atoms with Crippen LogP contribution in [0.3, 0.4) is 0 Å². The summed E-state index contributed by atoms with van der Waals surface area (Å²) in [5, 5.41) is 10.9. The Kier molecular flexibility index (Phi) is 10.1. The summed E-state index contributed by atoms with van der Waals surface area (Å²) in [6.45, 7) is -1.86. The number of amides is 1. The van der Waals surface area contributed by atoms with Crippen LogP contribution < -0.4 is 10.9 Å². The molecule has 1 aliphatic heterocycles. The number of pyridine rings is 1. The maximum atomic E-state index is 14.8. The van der Waals surface area contributed by atoms with E-state index in [0.717, 1.165) is 28.6 Å². The normalized spacial score (nSPS) is 16.4. The Balaban J connectivity index is 1.59. The molecule has 0 bridgehead atoms. The van der Waals surface area contributed by atoms with Gasteiger partial charge in [0, 0.05) is 18.9 Å². The first-order valence-electron chi connectivity index (χ1n) is 15.5. The maximum absolute atomic E-state index is 14.8. The van der Waals surface area contributed by atoms with Crippen LogP contribution in [0.1, 0.15) is 29.5 Å². The van der Waals surface area contributed by atoms with E-state index in [1.54, 1.807) is 0 Å². The number of alkyl halides is 11. The Hall–Kier alpha value is -4.74. The number of nitrogens with zero attached hydrogens (tertiary/aromatic N) is 2. The molecule has 3 aromatic carbocycles. The summed E-state index contributed by atoms with van der Waals surface area (Å²) in [5.74, 6) is -3.46. The summed E-state index contributed by atoms with van der Waals surface area (Å²) in [4.78, 5) is 40.1. The van der Waals surface area contributed by atoms with Crippen molar-refractivity contribution in [3.05, 3.63) is 81.6 Å². The Morgan fingerprint density at radius 2 is 1.48 bits per heavy atom. The highest BCUT2D eigenvalue weighted by molar-refractivity contribution is 6.02. The molecule has 1 aliphatic rings. The molecule has 1 fully saturated rings. The van der Waals surface area contributed by atoms with Crippen LogP contribution in [0.5, 0.6) is 0 Å². The molecule has 2 heterocycles. The van der Waals surface area contributed by atoms with Crippen molar-refractivity contribution in [3.63, 3.8) is 0 Å². The van der Waals surface area contributed by atoms with Gasteiger partial charge in [-0.1, -0.05) is 36.4 Å². The Bertz CT molecular complexity index is 2080. The first-order valence-corrected chi connectivity index (χ1v) is 15.5. The average Bonchev–Trinajstić information content (AvgIpc) is 3.04. The summed E-state index contributed by atoms with van der Waals surface area (Å²) in [6.07, 6.45) is -20.9. The van der Waals surface area contributed by atoms with Crippen LogP contribution in [-0.2, 0) is 35.4 Å². The molecule has 0 saturated carbocycles. The predicted octanol–water partition coefficient (Wildman–Crippen LogP) is 7.42. The van der Waals surface area contributed by atoms with E-state index in [1.807, 2.05) is 5.32 Å². The average molecular weight is 752 g/mol. The van der Waals surface area contributed by atoms with Crippen molar-refractivity contribution >= 4 is 33.6 Å². The van der Waals surface area contributed by atoms with Crippen LogP contribution in [0, 0.1) is 5.41 Å². The summed E-state index contributed by atoms with van der Waals surface area (Å²) in [5.41, 5.74) is -9.17. The summed E-state index contributed by atoms with van der Waals surface area (Å²) >= 11 is 0. The van der Waals surface area contributed by atoms with E-state index in [2.05, 4.69) is 0 Å². The molecule has 7 nitrogen and oxygen atoms in total. The number of hydrogen-bond donors (Lipinski definition) is 2. The van der Waals surface area contributed by atoms with Crippen molar-refractivity contribution in [1.82, 2.24) is 14.8 Å². The number of benzene rings is 3. The lowest BCUT2D eigenvalue weighted by Gasteiger charge is -2.41. The third-order valence-corrected chi connectivity index (χ3v) is 9.40. The Morgan fingerprint density at radius 1 is 0.865 bits per heavy atom. The molecule has 2 N–H and O–H groups in total. The fourth-order valence-electron chi connectivity index (χ4n) is 6.71. The number of rotatable bonds is 8. The van der Waals surface area contributed by atoms with E-state index in [4.69, 9.17) is 0 Å². The number of fused-ring (bicyclic) bond motifs is 2. The monoisotopic (exact) mass is 751 g/mol. The number of carbonyl (C=O) groups excluding carboxylic acids is 1. The van der Waals surface area contributed by atoms with Gasteiger partial charge in [0.25, 0.3) is 12.0 Å². The van der Waals surface area contributed by atoms with Gasteiger partial charge >= 0.3 is 24.5 Å². The number of aromatic nitrogens is 1. The maximum Gasteiger partial charge on any atom is 0.417 e. The van der Waals surface area contributed by atoms with Gasteiger partial charge in [0.05, 0.1) is 28.8 Å². The molecule has 0 radical (unpaired) electrons. The fourth-order valence-corrected chi connectivity index (χ4v) is 6.71. The van der Waals surface area contributed by atoms with Crippen LogP contribution in [0.4, 0.5) is 48.3 Å². The zero-order valence-electron chi connectivity index (χ0n) is 26.8. The number of aliphatic carboxylic acids is 1. The van der Waals surface area contributed by atoms with E-state index < -0.39 is 120 Å². The molecule has 0 spiro atoms. The van der Waals surface area contributed by atoms with Crippen molar-refractivity contribution in [2.75, 3.05) is 19.6 Å². The molecule has 1 saturated heterocycles. The highest BCUT2D eigenvalue weighted by atomic mass is 19.4. The minimum atomic E-state index is -5.35. The quantitative estimate of drug-likeness (QED) is 0.183. The van der Waals surface area contributed by atoms with E-state index >= 15 is 0 Å². The number of aryl methyl sites for hydroxylation is 1. The van der Waals surface area contributed by atoms with Crippen LogP contribution >= 0.6 is 0 Å². The van der Waals surface area contributed by atoms with Crippen LogP contribution in [0.15, 0.2) is 59.4 Å². The lowest BCUT2D eigenvalue weighted by atomic mass is 9.76. The van der Waals surface area contributed by atoms with Gasteiger partial charge in [-0.2, -0.15) is 39.5 Å². The van der Waals surface area contributed by atoms with Crippen molar-refractivity contribution in [1.29, 1.82) is 0 Å². The van der Waals surface area contributed by atoms with Crippen LogP contribution in [0.2, 0.25) is 0 Å². The van der Waals surface area contributed by atoms with Crippen molar-refractivity contribution < 1.29 is 63.0 Å². The number of halogens is 11. The van der Waals surface area contributed by atoms with Crippen LogP contribution in [0.25, 0.3) is 32.8 Å². The molecular weight excluding hydrogens is 723 g/mol. The van der Waals surface area contributed by atoms with Gasteiger partial charge in [-0.25, -0.2) is 13.6 Å². The molecule has 1 atom stereocenters. The molecule has 1 amide bonds. The molecule has 52 heavy (non-hydrogen) atoms. The predicted molar refractivity (Wildman–Crippen MR) is 166 cm³/mol. The van der Waals surface area contributed by atoms with Gasteiger partial charge in [-0.3, -0.25) is 14.5 Å². The van der Waals surface area contributed by atoms with E-state index in [1.165, 1.54) is 30.3 Å². The first-order chi connectivity index (χ1) is 24.1. The minimum Gasteiger partial charge on any atom is -0.480 e. The number of carboxylic acid groups (broad SMARTS) is 1. The van der Waals surface area contributed by atoms with Crippen molar-refractivity contribution in [2.24, 2.45) is 12.5 Å². The number of hydrogen-bond acceptors (Lipinski definition) is 4. The zero-order valence-corrected chi connectivity index (χ0v) is 26.8. The third kappa shape index (κ3) is 7.16. The largest absolute Gasteiger partial charge is 0.480 e. The second-order valence-electron chi connectivity index (χ2n) is 12.5. The second kappa shape index (κ2) is 13.7. The highest BCUT2D eigenvalue weighted by Crippen LogP contribution is 2.47. The highest BCUT2D eigenvalue weighted by Gasteiger charge is 2.61. The number of piperidine rings is 1. The second-order valence-corrected chi connectivity index (χ2v) is 12.5. The molecule has 4 aromatic rings. The third-order valence-electron chi connectivity index (χ3n) is 9.40. The number of likely N-dealkylation sites (tertiary alicyclic amines) is 1. The molecule has 5 rings (SSSR count). The van der Waals surface area contributed by atoms with Gasteiger partial charge in [0.1, 0.15) is 11.5 Å². The topological polar surface area (TPSA) is 91.6 Å². The van der Waals surface area contributed by atoms with Gasteiger partial charge in [-0.05, 0) is 66.0 Å². The van der Waals surface area contributed by atoms with Gasteiger partial charge in [-0.15, -0.1) is 0 Å². The van der Waals surface area contributed by atoms with Crippen molar-refractivity contribution in [2.45, 2.75) is 50.3 Å². The zero-order chi connectivity index (χ0) is 38.6. The summed E-state index contributed by atoms with van der Waals surface area (Å²) in [7, 11) is 1.08. The van der Waals surface area contributed by atoms with Gasteiger partial charge in [0.15, 0.2) is 0 Å². The Morgan fingerprint density at radius 3 is 2.04 bits per heavy atom. The van der Waals surface area contributed by atoms with E-state index in [-0.39, 0.29) is 28.0 Å². The smallest absolute Gasteiger partial charge is 0.417 e. The number of carboxylic acids is 1. The van der Waals surface area contributed by atoms with Crippen LogP contribution in [-0.4, -0.2) is 64.7 Å². The van der Waals surface area contributed by atoms with Crippen molar-refractivity contribution in [3.8, 4) is 11.1 Å². The Labute approximate surface area is 286 Å². The fraction of sp³-hybridized carbons (Fsp3) is 0.382. The van der Waals surface area contributed by atoms with Gasteiger partial charge in [0.2, 0.25) is 5.91 Å². The summed E-state index contributed by atoms with van der Waals surface area (Å²) < 4.78 is 154. The van der Waals surface area contributed by atoms with Gasteiger partial charge < -0.3 is 15.0 Å². The molecule has 18 heteroatoms. The summed E-state index contributed by atoms with van der Waals surface area (Å²) in [6, 6.07) is 7.03. The molecule has 1 aromatic heterocycles. The number of nitrogens with one attached hydrogen (secondary N) is 1. The lowest BCUT2D eigenvalue weighted by molar-refractivity contribution is -0.233. The van der Waals surface area contributed by atoms with E-state index in [9.17, 15) is 67.8 Å². The number of carbonyl (C=O) groups is 2.